The minimum absolute atomic E-state index is 0.0885. The van der Waals surface area contributed by atoms with Crippen molar-refractivity contribution in [2.24, 2.45) is 0 Å². The van der Waals surface area contributed by atoms with E-state index in [1.165, 1.54) is 0 Å². The number of para-hydroxylation sites is 1. The fourth-order valence-electron chi connectivity index (χ4n) is 3.76. The second kappa shape index (κ2) is 7.80. The minimum atomic E-state index is -0.0885. The molecule has 0 fully saturated rings. The van der Waals surface area contributed by atoms with Crippen LogP contribution in [0.25, 0.3) is 10.9 Å². The van der Waals surface area contributed by atoms with Crippen LogP contribution in [0.15, 0.2) is 83.9 Å². The molecule has 3 heterocycles. The third kappa shape index (κ3) is 3.39. The number of urea groups is 1. The van der Waals surface area contributed by atoms with Gasteiger partial charge in [0.2, 0.25) is 0 Å². The van der Waals surface area contributed by atoms with Crippen molar-refractivity contribution in [1.29, 1.82) is 0 Å². The number of rotatable bonds is 4. The van der Waals surface area contributed by atoms with Crippen molar-refractivity contribution < 1.29 is 4.79 Å². The number of carbonyl (C=O) groups excluding carboxylic acids is 1. The van der Waals surface area contributed by atoms with Crippen molar-refractivity contribution in [2.45, 2.75) is 18.0 Å². The standard InChI is InChI=1S/C24H20N4OS/c1-30-21-9-4-8-20(14-21)28-23-18(7-5-13-25-23)15-27(24(28)29)16-19-12-11-17-6-2-3-10-22(17)26-19/h2-14H,15-16H2,1H3. The van der Waals surface area contributed by atoms with Crippen LogP contribution in [0.1, 0.15) is 11.3 Å². The Hall–Kier alpha value is -3.38. The average Bonchev–Trinajstić information content (AvgIpc) is 2.79. The highest BCUT2D eigenvalue weighted by atomic mass is 32.2. The molecule has 5 rings (SSSR count). The van der Waals surface area contributed by atoms with Gasteiger partial charge < -0.3 is 4.90 Å². The number of anilines is 2. The molecule has 0 spiro atoms. The highest BCUT2D eigenvalue weighted by molar-refractivity contribution is 7.98. The molecular formula is C24H20N4OS. The van der Waals surface area contributed by atoms with Gasteiger partial charge in [-0.15, -0.1) is 11.8 Å². The van der Waals surface area contributed by atoms with Crippen LogP contribution in [0.5, 0.6) is 0 Å². The molecule has 0 N–H and O–H groups in total. The Morgan fingerprint density at radius 2 is 1.90 bits per heavy atom. The van der Waals surface area contributed by atoms with Crippen LogP contribution in [0.4, 0.5) is 16.3 Å². The molecule has 2 aromatic carbocycles. The number of amides is 2. The van der Waals surface area contributed by atoms with E-state index in [-0.39, 0.29) is 6.03 Å². The van der Waals surface area contributed by atoms with E-state index in [0.29, 0.717) is 18.9 Å². The highest BCUT2D eigenvalue weighted by Gasteiger charge is 2.32. The van der Waals surface area contributed by atoms with E-state index in [0.717, 1.165) is 32.7 Å². The van der Waals surface area contributed by atoms with Crippen molar-refractivity contribution in [1.82, 2.24) is 14.9 Å². The zero-order valence-electron chi connectivity index (χ0n) is 16.5. The second-order valence-corrected chi connectivity index (χ2v) is 8.04. The molecule has 6 heteroatoms. The molecule has 1 aliphatic rings. The quantitative estimate of drug-likeness (QED) is 0.408. The lowest BCUT2D eigenvalue weighted by molar-refractivity contribution is 0.197. The van der Waals surface area contributed by atoms with Gasteiger partial charge in [-0.25, -0.2) is 14.7 Å². The first-order valence-corrected chi connectivity index (χ1v) is 11.0. The van der Waals surface area contributed by atoms with Crippen molar-refractivity contribution >= 4 is 40.2 Å². The molecular weight excluding hydrogens is 392 g/mol. The second-order valence-electron chi connectivity index (χ2n) is 7.16. The maximum absolute atomic E-state index is 13.5. The van der Waals surface area contributed by atoms with Gasteiger partial charge in [0.15, 0.2) is 0 Å². The number of hydrogen-bond acceptors (Lipinski definition) is 4. The highest BCUT2D eigenvalue weighted by Crippen LogP contribution is 2.35. The first-order valence-electron chi connectivity index (χ1n) is 9.74. The van der Waals surface area contributed by atoms with Crippen molar-refractivity contribution in [3.05, 3.63) is 90.3 Å². The summed E-state index contributed by atoms with van der Waals surface area (Å²) in [6.45, 7) is 0.950. The monoisotopic (exact) mass is 412 g/mol. The molecule has 0 saturated heterocycles. The average molecular weight is 413 g/mol. The number of pyridine rings is 2. The first kappa shape index (κ1) is 18.6. The van der Waals surface area contributed by atoms with Crippen LogP contribution < -0.4 is 4.90 Å². The van der Waals surface area contributed by atoms with Crippen LogP contribution in [-0.4, -0.2) is 27.2 Å². The van der Waals surface area contributed by atoms with Gasteiger partial charge in [0.1, 0.15) is 5.82 Å². The molecule has 0 atom stereocenters. The Balaban J connectivity index is 1.52. The molecule has 0 saturated carbocycles. The zero-order chi connectivity index (χ0) is 20.5. The maximum Gasteiger partial charge on any atom is 0.330 e. The summed E-state index contributed by atoms with van der Waals surface area (Å²) in [5, 5.41) is 1.09. The van der Waals surface area contributed by atoms with Crippen LogP contribution in [0, 0.1) is 0 Å². The fourth-order valence-corrected chi connectivity index (χ4v) is 4.21. The SMILES string of the molecule is CSc1cccc(N2C(=O)N(Cc3ccc4ccccc4n3)Cc3cccnc32)c1. The van der Waals surface area contributed by atoms with Gasteiger partial charge in [-0.3, -0.25) is 4.98 Å². The number of aromatic nitrogens is 2. The van der Waals surface area contributed by atoms with E-state index in [9.17, 15) is 4.79 Å². The van der Waals surface area contributed by atoms with E-state index >= 15 is 0 Å². The predicted molar refractivity (Wildman–Crippen MR) is 121 cm³/mol. The molecule has 0 bridgehead atoms. The maximum atomic E-state index is 13.5. The van der Waals surface area contributed by atoms with Crippen LogP contribution in [0.3, 0.4) is 0 Å². The van der Waals surface area contributed by atoms with Gasteiger partial charge in [0, 0.05) is 22.0 Å². The van der Waals surface area contributed by atoms with Gasteiger partial charge in [0.05, 0.1) is 30.0 Å². The van der Waals surface area contributed by atoms with Crippen molar-refractivity contribution in [3.63, 3.8) is 0 Å². The van der Waals surface area contributed by atoms with Crippen LogP contribution >= 0.6 is 11.8 Å². The summed E-state index contributed by atoms with van der Waals surface area (Å²) in [6.07, 6.45) is 3.76. The Kier molecular flexibility index (Phi) is 4.85. The number of hydrogen-bond donors (Lipinski definition) is 0. The Morgan fingerprint density at radius 1 is 1.00 bits per heavy atom. The summed E-state index contributed by atoms with van der Waals surface area (Å²) in [5.74, 6) is 0.698. The topological polar surface area (TPSA) is 49.3 Å². The summed E-state index contributed by atoms with van der Waals surface area (Å²) in [7, 11) is 0. The summed E-state index contributed by atoms with van der Waals surface area (Å²) in [5.41, 5.74) is 3.65. The van der Waals surface area contributed by atoms with E-state index in [1.807, 2.05) is 77.9 Å². The minimum Gasteiger partial charge on any atom is -0.314 e. The Morgan fingerprint density at radius 3 is 2.80 bits per heavy atom. The van der Waals surface area contributed by atoms with Crippen LogP contribution in [0.2, 0.25) is 0 Å². The fraction of sp³-hybridized carbons (Fsp3) is 0.125. The molecule has 4 aromatic rings. The summed E-state index contributed by atoms with van der Waals surface area (Å²) in [6, 6.07) is 23.9. The summed E-state index contributed by atoms with van der Waals surface area (Å²) >= 11 is 1.65. The van der Waals surface area contributed by atoms with Gasteiger partial charge in [-0.05, 0) is 42.7 Å². The molecule has 0 unspecified atom stereocenters. The Labute approximate surface area is 179 Å². The van der Waals surface area contributed by atoms with Gasteiger partial charge in [0.25, 0.3) is 0 Å². The van der Waals surface area contributed by atoms with E-state index < -0.39 is 0 Å². The molecule has 1 aliphatic heterocycles. The Bertz CT molecular complexity index is 1240. The number of thioether (sulfide) groups is 1. The first-order chi connectivity index (χ1) is 14.7. The lowest BCUT2D eigenvalue weighted by Gasteiger charge is -2.36. The summed E-state index contributed by atoms with van der Waals surface area (Å²) in [4.78, 5) is 27.4. The van der Waals surface area contributed by atoms with Gasteiger partial charge in [-0.1, -0.05) is 36.4 Å². The molecule has 0 radical (unpaired) electrons. The largest absolute Gasteiger partial charge is 0.330 e. The number of nitrogens with zero attached hydrogens (tertiary/aromatic N) is 4. The van der Waals surface area contributed by atoms with Gasteiger partial charge >= 0.3 is 6.03 Å². The smallest absolute Gasteiger partial charge is 0.314 e. The van der Waals surface area contributed by atoms with E-state index in [4.69, 9.17) is 4.98 Å². The lowest BCUT2D eigenvalue weighted by Crippen LogP contribution is -2.44. The molecule has 2 aromatic heterocycles. The molecule has 148 valence electrons. The zero-order valence-corrected chi connectivity index (χ0v) is 17.3. The predicted octanol–water partition coefficient (Wildman–Crippen LogP) is 5.63. The van der Waals surface area contributed by atoms with Crippen molar-refractivity contribution in [2.75, 3.05) is 11.2 Å². The van der Waals surface area contributed by atoms with Crippen LogP contribution in [-0.2, 0) is 13.1 Å². The molecule has 0 aliphatic carbocycles. The van der Waals surface area contributed by atoms with Crippen molar-refractivity contribution in [3.8, 4) is 0 Å². The number of carbonyl (C=O) groups is 1. The van der Waals surface area contributed by atoms with Gasteiger partial charge in [-0.2, -0.15) is 0 Å². The normalized spacial score (nSPS) is 13.6. The molecule has 2 amide bonds. The van der Waals surface area contributed by atoms with E-state index in [1.54, 1.807) is 22.9 Å². The summed E-state index contributed by atoms with van der Waals surface area (Å²) < 4.78 is 0. The lowest BCUT2D eigenvalue weighted by atomic mass is 10.1. The third-order valence-corrected chi connectivity index (χ3v) is 5.95. The molecule has 5 nitrogen and oxygen atoms in total. The third-order valence-electron chi connectivity index (χ3n) is 5.22. The number of fused-ring (bicyclic) bond motifs is 2. The number of benzene rings is 2. The molecule has 30 heavy (non-hydrogen) atoms. The van der Waals surface area contributed by atoms with E-state index in [2.05, 4.69) is 11.1 Å².